The minimum Gasteiger partial charge on any atom is -0.463 e. The van der Waals surface area contributed by atoms with Crippen molar-refractivity contribution in [3.8, 4) is 0 Å². The van der Waals surface area contributed by atoms with E-state index in [4.69, 9.17) is 18.9 Å². The van der Waals surface area contributed by atoms with E-state index in [2.05, 4.69) is 0 Å². The Morgan fingerprint density at radius 2 is 1.05 bits per heavy atom. The summed E-state index contributed by atoms with van der Waals surface area (Å²) in [7, 11) is -2.70. The molecule has 2 aromatic carbocycles. The zero-order valence-corrected chi connectivity index (χ0v) is 25.9. The third-order valence-electron chi connectivity index (χ3n) is 6.65. The van der Waals surface area contributed by atoms with E-state index in [1.807, 2.05) is 38.1 Å². The largest absolute Gasteiger partial charge is 0.463 e. The van der Waals surface area contributed by atoms with E-state index in [-0.39, 0.29) is 24.3 Å². The van der Waals surface area contributed by atoms with Crippen molar-refractivity contribution in [2.24, 2.45) is 5.92 Å². The van der Waals surface area contributed by atoms with Gasteiger partial charge in [-0.2, -0.15) is 0 Å². The van der Waals surface area contributed by atoms with Crippen LogP contribution in [-0.4, -0.2) is 69.9 Å². The highest BCUT2D eigenvalue weighted by Gasteiger charge is 2.45. The monoisotopic (exact) mass is 574 g/mol. The average molecular weight is 575 g/mol. The van der Waals surface area contributed by atoms with Crippen molar-refractivity contribution in [3.63, 3.8) is 0 Å². The Morgan fingerprint density at radius 1 is 0.675 bits per heavy atom. The molecule has 0 radical (unpaired) electrons. The molecular weight excluding hydrogens is 531 g/mol. The van der Waals surface area contributed by atoms with Gasteiger partial charge in [-0.05, 0) is 63.8 Å². The molecule has 1 atom stereocenters. The molecule has 0 N–H and O–H groups in total. The summed E-state index contributed by atoms with van der Waals surface area (Å²) in [5.74, 6) is -1.59. The van der Waals surface area contributed by atoms with Gasteiger partial charge in [0.15, 0.2) is 0 Å². The van der Waals surface area contributed by atoms with Crippen LogP contribution in [0.3, 0.4) is 0 Å². The molecule has 2 rings (SSSR count). The number of hydrogen-bond acceptors (Lipinski definition) is 8. The quantitative estimate of drug-likeness (QED) is 0.142. The van der Waals surface area contributed by atoms with Crippen molar-refractivity contribution in [3.05, 3.63) is 68.8 Å². The Kier molecular flexibility index (Phi) is 12.9. The van der Waals surface area contributed by atoms with Crippen LogP contribution in [-0.2, 0) is 28.3 Å². The van der Waals surface area contributed by atoms with Crippen LogP contribution in [0.25, 0.3) is 0 Å². The summed E-state index contributed by atoms with van der Waals surface area (Å²) in [6.07, 6.45) is -0.419. The Bertz CT molecular complexity index is 1150. The molecule has 40 heavy (non-hydrogen) atoms. The van der Waals surface area contributed by atoms with Gasteiger partial charge in [-0.15, -0.1) is 0 Å². The zero-order valence-electron chi connectivity index (χ0n) is 25.0. The fourth-order valence-electron chi connectivity index (χ4n) is 4.92. The van der Waals surface area contributed by atoms with Crippen LogP contribution in [0.1, 0.15) is 61.0 Å². The Morgan fingerprint density at radius 3 is 1.45 bits per heavy atom. The summed E-state index contributed by atoms with van der Waals surface area (Å²) in [5.41, 5.74) is 3.59. The second-order valence-electron chi connectivity index (χ2n) is 10.4. The number of benzene rings is 2. The maximum Gasteiger partial charge on any atom is 0.309 e. The highest BCUT2D eigenvalue weighted by molar-refractivity contribution is 7.95. The van der Waals surface area contributed by atoms with Crippen LogP contribution >= 0.6 is 7.14 Å². The van der Waals surface area contributed by atoms with Gasteiger partial charge < -0.3 is 23.5 Å². The summed E-state index contributed by atoms with van der Waals surface area (Å²) in [4.78, 5) is 40.9. The number of methoxy groups -OCH3 is 1. The van der Waals surface area contributed by atoms with Gasteiger partial charge in [0.1, 0.15) is 6.61 Å². The predicted octanol–water partition coefficient (Wildman–Crippen LogP) is 5.74. The molecule has 0 aromatic heterocycles. The number of esters is 1. The molecule has 0 bridgehead atoms. The smallest absolute Gasteiger partial charge is 0.309 e. The lowest BCUT2D eigenvalue weighted by Crippen LogP contribution is -2.25. The minimum atomic E-state index is -4.29. The SMILES string of the molecule is COCCOCCOCCOC(=O)C(C)CP(=O)(C(=O)c1c(C)cc(C)cc1C)C(=O)c1c(C)cc(C)cc1C. The maximum atomic E-state index is 14.7. The summed E-state index contributed by atoms with van der Waals surface area (Å²) < 4.78 is 35.6. The predicted molar refractivity (Wildman–Crippen MR) is 156 cm³/mol. The molecule has 0 heterocycles. The summed E-state index contributed by atoms with van der Waals surface area (Å²) in [6.45, 7) is 14.3. The normalized spacial score (nSPS) is 12.3. The first-order valence-electron chi connectivity index (χ1n) is 13.5. The van der Waals surface area contributed by atoms with Gasteiger partial charge >= 0.3 is 5.97 Å². The first-order chi connectivity index (χ1) is 18.8. The van der Waals surface area contributed by atoms with Crippen LogP contribution in [0.2, 0.25) is 0 Å². The molecule has 220 valence electrons. The second kappa shape index (κ2) is 15.4. The Balaban J connectivity index is 2.26. The fraction of sp³-hybridized carbons (Fsp3) is 0.516. The molecule has 0 amide bonds. The number of hydrogen-bond donors (Lipinski definition) is 0. The lowest BCUT2D eigenvalue weighted by atomic mass is 10.0. The molecule has 1 unspecified atom stereocenters. The van der Waals surface area contributed by atoms with Gasteiger partial charge in [-0.3, -0.25) is 14.4 Å². The lowest BCUT2D eigenvalue weighted by molar-refractivity contribution is -0.148. The first-order valence-corrected chi connectivity index (χ1v) is 15.4. The number of ether oxygens (including phenoxy) is 4. The van der Waals surface area contributed by atoms with Gasteiger partial charge in [-0.1, -0.05) is 42.3 Å². The molecule has 0 aliphatic heterocycles. The van der Waals surface area contributed by atoms with E-state index < -0.39 is 36.2 Å². The van der Waals surface area contributed by atoms with Gasteiger partial charge in [0.05, 0.1) is 39.0 Å². The minimum absolute atomic E-state index is 0.0141. The Hall–Kier alpha value is -2.64. The topological polar surface area (TPSA) is 105 Å². The zero-order chi connectivity index (χ0) is 30.0. The van der Waals surface area contributed by atoms with Crippen molar-refractivity contribution < 1.29 is 37.9 Å². The van der Waals surface area contributed by atoms with Crippen molar-refractivity contribution in [2.75, 3.05) is 52.9 Å². The summed E-state index contributed by atoms with van der Waals surface area (Å²) >= 11 is 0. The average Bonchev–Trinajstić information content (AvgIpc) is 2.86. The van der Waals surface area contributed by atoms with Gasteiger partial charge in [0, 0.05) is 24.4 Å². The molecule has 9 heteroatoms. The summed E-state index contributed by atoms with van der Waals surface area (Å²) in [6, 6.07) is 7.32. The standard InChI is InChI=1S/C31H43O8P/c1-20-15-22(3)27(23(4)16-20)30(33)40(35,31(34)28-24(5)17-21(2)18-25(28)6)19-26(7)29(32)39-14-13-38-12-11-37-10-9-36-8/h15-18,26H,9-14,19H2,1-8H3. The Labute approximate surface area is 238 Å². The van der Waals surface area contributed by atoms with Gasteiger partial charge in [0.25, 0.3) is 0 Å². The van der Waals surface area contributed by atoms with Gasteiger partial charge in [0.2, 0.25) is 18.2 Å². The second-order valence-corrected chi connectivity index (χ2v) is 13.0. The highest BCUT2D eigenvalue weighted by Crippen LogP contribution is 2.55. The highest BCUT2D eigenvalue weighted by atomic mass is 31.2. The molecule has 0 fully saturated rings. The van der Waals surface area contributed by atoms with E-state index in [1.54, 1.807) is 34.8 Å². The van der Waals surface area contributed by atoms with E-state index in [1.165, 1.54) is 6.92 Å². The van der Waals surface area contributed by atoms with Crippen molar-refractivity contribution >= 4 is 24.2 Å². The molecule has 0 saturated carbocycles. The fourth-order valence-corrected chi connectivity index (χ4v) is 7.79. The lowest BCUT2D eigenvalue weighted by Gasteiger charge is -2.23. The van der Waals surface area contributed by atoms with E-state index in [0.717, 1.165) is 11.1 Å². The first kappa shape index (κ1) is 33.6. The number of aryl methyl sites for hydroxylation is 6. The van der Waals surface area contributed by atoms with Crippen molar-refractivity contribution in [1.82, 2.24) is 0 Å². The van der Waals surface area contributed by atoms with E-state index in [9.17, 15) is 18.9 Å². The van der Waals surface area contributed by atoms with Crippen LogP contribution in [0.15, 0.2) is 24.3 Å². The maximum absolute atomic E-state index is 14.7. The molecule has 0 spiro atoms. The number of rotatable bonds is 16. The van der Waals surface area contributed by atoms with E-state index in [0.29, 0.717) is 48.7 Å². The molecule has 2 aromatic rings. The van der Waals surface area contributed by atoms with Crippen molar-refractivity contribution in [2.45, 2.75) is 48.5 Å². The van der Waals surface area contributed by atoms with Crippen LogP contribution in [0.4, 0.5) is 0 Å². The molecule has 0 aliphatic rings. The van der Waals surface area contributed by atoms with Crippen molar-refractivity contribution in [1.29, 1.82) is 0 Å². The summed E-state index contributed by atoms with van der Waals surface area (Å²) in [5, 5.41) is 0. The molecule has 0 saturated heterocycles. The number of carbonyl (C=O) groups excluding carboxylic acids is 3. The number of carbonyl (C=O) groups is 3. The third-order valence-corrected chi connectivity index (χ3v) is 9.47. The molecule has 0 aliphatic carbocycles. The van der Waals surface area contributed by atoms with E-state index >= 15 is 0 Å². The van der Waals surface area contributed by atoms with Gasteiger partial charge in [-0.25, -0.2) is 0 Å². The molecule has 8 nitrogen and oxygen atoms in total. The van der Waals surface area contributed by atoms with Crippen LogP contribution in [0.5, 0.6) is 0 Å². The van der Waals surface area contributed by atoms with Crippen LogP contribution in [0, 0.1) is 47.5 Å². The molecular formula is C31H43O8P. The van der Waals surface area contributed by atoms with Crippen LogP contribution < -0.4 is 0 Å². The third kappa shape index (κ3) is 8.68.